The van der Waals surface area contributed by atoms with Crippen LogP contribution < -0.4 is 11.3 Å². The number of nitrogens with one attached hydrogen (secondary N) is 1. The van der Waals surface area contributed by atoms with Crippen LogP contribution in [0.25, 0.3) is 0 Å². The van der Waals surface area contributed by atoms with Crippen LogP contribution in [0.5, 0.6) is 0 Å². The van der Waals surface area contributed by atoms with Gasteiger partial charge < -0.3 is 5.43 Å². The topological polar surface area (TPSA) is 122 Å². The molecule has 106 valence electrons. The van der Waals surface area contributed by atoms with E-state index in [2.05, 4.69) is 10.4 Å². The van der Waals surface area contributed by atoms with E-state index in [4.69, 9.17) is 5.84 Å². The predicted molar refractivity (Wildman–Crippen MR) is 69.5 cm³/mol. The smallest absolute Gasteiger partial charge is 0.246 e. The SMILES string of the molecule is NNc1ncccc1S(=O)(=O)N1CCS(=O)(=O)CC1. The summed E-state index contributed by atoms with van der Waals surface area (Å²) < 4.78 is 48.5. The van der Waals surface area contributed by atoms with E-state index in [0.717, 1.165) is 4.31 Å². The molecule has 2 heterocycles. The van der Waals surface area contributed by atoms with Gasteiger partial charge in [-0.2, -0.15) is 4.31 Å². The van der Waals surface area contributed by atoms with Crippen LogP contribution in [0.1, 0.15) is 0 Å². The highest BCUT2D eigenvalue weighted by Crippen LogP contribution is 2.23. The number of sulfonamides is 1. The lowest BCUT2D eigenvalue weighted by Crippen LogP contribution is -2.43. The number of hydrazine groups is 1. The standard InChI is InChI=1S/C9H14N4O4S2/c10-12-9-8(2-1-3-11-9)19(16,17)13-4-6-18(14,15)7-5-13/h1-3H,4-7,10H2,(H,11,12). The zero-order chi connectivity index (χ0) is 14.1. The number of hydrogen-bond acceptors (Lipinski definition) is 7. The van der Waals surface area contributed by atoms with Gasteiger partial charge in [-0.25, -0.2) is 27.7 Å². The van der Waals surface area contributed by atoms with E-state index in [-0.39, 0.29) is 35.3 Å². The number of hydrogen-bond donors (Lipinski definition) is 2. The minimum atomic E-state index is -3.79. The second-order valence-corrected chi connectivity index (χ2v) is 8.26. The first-order valence-corrected chi connectivity index (χ1v) is 8.75. The Bertz CT molecular complexity index is 657. The fourth-order valence-corrected chi connectivity index (χ4v) is 4.76. The van der Waals surface area contributed by atoms with E-state index < -0.39 is 19.9 Å². The van der Waals surface area contributed by atoms with Gasteiger partial charge in [0.2, 0.25) is 10.0 Å². The Kier molecular flexibility index (Phi) is 3.76. The molecule has 0 aliphatic carbocycles. The zero-order valence-corrected chi connectivity index (χ0v) is 11.6. The Morgan fingerprint density at radius 2 is 1.95 bits per heavy atom. The highest BCUT2D eigenvalue weighted by molar-refractivity contribution is 7.92. The number of rotatable bonds is 3. The highest BCUT2D eigenvalue weighted by Gasteiger charge is 2.32. The van der Waals surface area contributed by atoms with Gasteiger partial charge in [0.05, 0.1) is 11.5 Å². The summed E-state index contributed by atoms with van der Waals surface area (Å²) in [6, 6.07) is 2.86. The molecular weight excluding hydrogens is 292 g/mol. The van der Waals surface area contributed by atoms with Crippen LogP contribution >= 0.6 is 0 Å². The summed E-state index contributed by atoms with van der Waals surface area (Å²) in [4.78, 5) is 3.77. The van der Waals surface area contributed by atoms with Crippen molar-refractivity contribution in [1.29, 1.82) is 0 Å². The van der Waals surface area contributed by atoms with Crippen molar-refractivity contribution in [2.24, 2.45) is 5.84 Å². The van der Waals surface area contributed by atoms with Crippen LogP contribution in [-0.2, 0) is 19.9 Å². The first-order chi connectivity index (χ1) is 8.87. The van der Waals surface area contributed by atoms with Crippen LogP contribution in [0.15, 0.2) is 23.2 Å². The third-order valence-electron chi connectivity index (χ3n) is 2.83. The Morgan fingerprint density at radius 1 is 1.32 bits per heavy atom. The molecule has 8 nitrogen and oxygen atoms in total. The summed E-state index contributed by atoms with van der Waals surface area (Å²) in [7, 11) is -6.93. The Morgan fingerprint density at radius 3 is 2.53 bits per heavy atom. The number of pyridine rings is 1. The molecule has 0 unspecified atom stereocenters. The molecule has 1 aromatic heterocycles. The Labute approximate surface area is 111 Å². The lowest BCUT2D eigenvalue weighted by Gasteiger charge is -2.26. The predicted octanol–water partition coefficient (Wildman–Crippen LogP) is -1.21. The molecule has 0 saturated carbocycles. The van der Waals surface area contributed by atoms with Gasteiger partial charge in [0.15, 0.2) is 15.7 Å². The molecule has 0 bridgehead atoms. The molecule has 0 atom stereocenters. The van der Waals surface area contributed by atoms with E-state index >= 15 is 0 Å². The summed E-state index contributed by atoms with van der Waals surface area (Å²) in [5, 5.41) is 0. The Hall–Kier alpha value is -1.23. The van der Waals surface area contributed by atoms with Crippen molar-refractivity contribution < 1.29 is 16.8 Å². The van der Waals surface area contributed by atoms with Crippen LogP contribution in [0.3, 0.4) is 0 Å². The third-order valence-corrected chi connectivity index (χ3v) is 6.37. The molecule has 0 aromatic carbocycles. The van der Waals surface area contributed by atoms with Crippen LogP contribution in [-0.4, -0.2) is 50.7 Å². The highest BCUT2D eigenvalue weighted by atomic mass is 32.2. The van der Waals surface area contributed by atoms with Gasteiger partial charge in [0.1, 0.15) is 4.90 Å². The van der Waals surface area contributed by atoms with Gasteiger partial charge in [-0.05, 0) is 12.1 Å². The molecule has 0 amide bonds. The molecule has 10 heteroatoms. The summed E-state index contributed by atoms with van der Waals surface area (Å²) in [5.74, 6) is 4.93. The van der Waals surface area contributed by atoms with Gasteiger partial charge in [0, 0.05) is 19.3 Å². The average molecular weight is 306 g/mol. The summed E-state index contributed by atoms with van der Waals surface area (Å²) in [6.45, 7) is -0.104. The number of nitrogen functional groups attached to an aromatic ring is 1. The summed E-state index contributed by atoms with van der Waals surface area (Å²) in [6.07, 6.45) is 1.41. The van der Waals surface area contributed by atoms with Gasteiger partial charge in [-0.3, -0.25) is 0 Å². The molecule has 19 heavy (non-hydrogen) atoms. The second kappa shape index (κ2) is 5.04. The molecule has 1 aliphatic heterocycles. The Balaban J connectivity index is 2.33. The molecular formula is C9H14N4O4S2. The third kappa shape index (κ3) is 2.86. The van der Waals surface area contributed by atoms with Crippen molar-refractivity contribution in [3.05, 3.63) is 18.3 Å². The molecule has 3 N–H and O–H groups in total. The van der Waals surface area contributed by atoms with Gasteiger partial charge in [-0.15, -0.1) is 0 Å². The fraction of sp³-hybridized carbons (Fsp3) is 0.444. The quantitative estimate of drug-likeness (QED) is 0.530. The molecule has 1 aliphatic rings. The lowest BCUT2D eigenvalue weighted by atomic mass is 10.5. The summed E-state index contributed by atoms with van der Waals surface area (Å²) in [5.41, 5.74) is 2.22. The fourth-order valence-electron chi connectivity index (χ4n) is 1.78. The maximum atomic E-state index is 12.4. The maximum Gasteiger partial charge on any atom is 0.246 e. The maximum absolute atomic E-state index is 12.4. The zero-order valence-electron chi connectivity index (χ0n) is 9.98. The lowest BCUT2D eigenvalue weighted by molar-refractivity contribution is 0.431. The molecule has 1 aromatic rings. The van der Waals surface area contributed by atoms with E-state index in [9.17, 15) is 16.8 Å². The molecule has 0 radical (unpaired) electrons. The molecule has 1 fully saturated rings. The molecule has 2 rings (SSSR count). The van der Waals surface area contributed by atoms with Gasteiger partial charge in [0.25, 0.3) is 0 Å². The number of aromatic nitrogens is 1. The average Bonchev–Trinajstić information content (AvgIpc) is 2.38. The van der Waals surface area contributed by atoms with E-state index in [0.29, 0.717) is 0 Å². The van der Waals surface area contributed by atoms with Crippen molar-refractivity contribution in [2.45, 2.75) is 4.90 Å². The number of nitrogens with zero attached hydrogens (tertiary/aromatic N) is 2. The van der Waals surface area contributed by atoms with Gasteiger partial charge >= 0.3 is 0 Å². The second-order valence-electron chi connectivity index (χ2n) is 4.05. The minimum absolute atomic E-state index is 0.0379. The number of anilines is 1. The minimum Gasteiger partial charge on any atom is -0.307 e. The van der Waals surface area contributed by atoms with Crippen LogP contribution in [0.4, 0.5) is 5.82 Å². The van der Waals surface area contributed by atoms with Crippen LogP contribution in [0, 0.1) is 0 Å². The van der Waals surface area contributed by atoms with Crippen molar-refractivity contribution >= 4 is 25.7 Å². The number of sulfone groups is 1. The van der Waals surface area contributed by atoms with Crippen molar-refractivity contribution in [1.82, 2.24) is 9.29 Å². The monoisotopic (exact) mass is 306 g/mol. The van der Waals surface area contributed by atoms with Crippen LogP contribution in [0.2, 0.25) is 0 Å². The molecule has 1 saturated heterocycles. The first kappa shape index (κ1) is 14.2. The molecule has 0 spiro atoms. The van der Waals surface area contributed by atoms with E-state index in [1.807, 2.05) is 0 Å². The van der Waals surface area contributed by atoms with Crippen molar-refractivity contribution in [2.75, 3.05) is 30.0 Å². The number of nitrogens with two attached hydrogens (primary N) is 1. The van der Waals surface area contributed by atoms with Gasteiger partial charge in [-0.1, -0.05) is 0 Å². The normalized spacial score (nSPS) is 20.1. The largest absolute Gasteiger partial charge is 0.307 e. The van der Waals surface area contributed by atoms with Crippen molar-refractivity contribution in [3.8, 4) is 0 Å². The summed E-state index contributed by atoms with van der Waals surface area (Å²) >= 11 is 0. The first-order valence-electron chi connectivity index (χ1n) is 5.49. The van der Waals surface area contributed by atoms with E-state index in [1.54, 1.807) is 0 Å². The van der Waals surface area contributed by atoms with Crippen molar-refractivity contribution in [3.63, 3.8) is 0 Å². The van der Waals surface area contributed by atoms with E-state index in [1.165, 1.54) is 18.3 Å².